The van der Waals surface area contributed by atoms with E-state index in [2.05, 4.69) is 36.1 Å². The molecule has 4 heteroatoms. The van der Waals surface area contributed by atoms with E-state index in [1.54, 1.807) is 6.33 Å². The first-order valence-corrected chi connectivity index (χ1v) is 7.98. The fourth-order valence-corrected chi connectivity index (χ4v) is 3.29. The second-order valence-electron chi connectivity index (χ2n) is 6.33. The van der Waals surface area contributed by atoms with E-state index in [9.17, 15) is 0 Å². The van der Waals surface area contributed by atoms with Crippen molar-refractivity contribution in [2.45, 2.75) is 71.3 Å². The van der Waals surface area contributed by atoms with Crippen LogP contribution in [0.1, 0.15) is 70.8 Å². The van der Waals surface area contributed by atoms with Crippen LogP contribution in [0.15, 0.2) is 6.33 Å². The average Bonchev–Trinajstić information content (AvgIpc) is 2.41. The number of nitrogens with two attached hydrogens (primary N) is 1. The smallest absolute Gasteiger partial charge is 0.135 e. The third-order valence-corrected chi connectivity index (χ3v) is 4.38. The number of anilines is 2. The molecule has 1 aromatic heterocycles. The van der Waals surface area contributed by atoms with Crippen LogP contribution >= 0.6 is 0 Å². The zero-order valence-electron chi connectivity index (χ0n) is 13.0. The summed E-state index contributed by atoms with van der Waals surface area (Å²) in [5.41, 5.74) is 7.06. The van der Waals surface area contributed by atoms with Gasteiger partial charge >= 0.3 is 0 Å². The van der Waals surface area contributed by atoms with E-state index in [0.717, 1.165) is 17.3 Å². The maximum atomic E-state index is 6.00. The van der Waals surface area contributed by atoms with Crippen molar-refractivity contribution in [1.82, 2.24) is 9.97 Å². The van der Waals surface area contributed by atoms with Gasteiger partial charge in [0, 0.05) is 11.6 Å². The van der Waals surface area contributed by atoms with Crippen molar-refractivity contribution in [3.63, 3.8) is 0 Å². The van der Waals surface area contributed by atoms with Gasteiger partial charge in [-0.15, -0.1) is 0 Å². The Kier molecular flexibility index (Phi) is 5.21. The van der Waals surface area contributed by atoms with E-state index in [1.807, 2.05) is 0 Å². The second kappa shape index (κ2) is 6.91. The molecule has 3 N–H and O–H groups in total. The highest BCUT2D eigenvalue weighted by Gasteiger charge is 2.22. The molecule has 0 saturated heterocycles. The fraction of sp³-hybridized carbons (Fsp3) is 0.750. The van der Waals surface area contributed by atoms with E-state index < -0.39 is 0 Å². The summed E-state index contributed by atoms with van der Waals surface area (Å²) in [4.78, 5) is 8.53. The van der Waals surface area contributed by atoms with Gasteiger partial charge in [-0.1, -0.05) is 33.6 Å². The van der Waals surface area contributed by atoms with Crippen molar-refractivity contribution < 1.29 is 0 Å². The molecular formula is C16H28N4. The highest BCUT2D eigenvalue weighted by Crippen LogP contribution is 2.32. The van der Waals surface area contributed by atoms with Crippen LogP contribution in [0.4, 0.5) is 11.6 Å². The molecule has 1 aliphatic carbocycles. The van der Waals surface area contributed by atoms with Gasteiger partial charge < -0.3 is 11.1 Å². The average molecular weight is 276 g/mol. The number of nitrogens with zero attached hydrogens (tertiary/aromatic N) is 2. The normalized spacial score (nSPS) is 23.0. The molecule has 0 atom stereocenters. The van der Waals surface area contributed by atoms with E-state index in [4.69, 9.17) is 5.73 Å². The van der Waals surface area contributed by atoms with Crippen molar-refractivity contribution >= 4 is 11.6 Å². The zero-order valence-corrected chi connectivity index (χ0v) is 13.0. The number of aromatic nitrogens is 2. The standard InChI is InChI=1S/C16H28N4/c1-4-5-12-6-8-13(9-7-12)20-16-14(11(2)3)15(17)18-10-19-16/h10-13H,4-9H2,1-3H3,(H3,17,18,19,20). The summed E-state index contributed by atoms with van der Waals surface area (Å²) < 4.78 is 0. The van der Waals surface area contributed by atoms with Crippen molar-refractivity contribution in [2.24, 2.45) is 5.92 Å². The van der Waals surface area contributed by atoms with E-state index in [-0.39, 0.29) is 0 Å². The third-order valence-electron chi connectivity index (χ3n) is 4.38. The highest BCUT2D eigenvalue weighted by atomic mass is 15.1. The Morgan fingerprint density at radius 3 is 2.55 bits per heavy atom. The first-order valence-electron chi connectivity index (χ1n) is 7.98. The van der Waals surface area contributed by atoms with Crippen LogP contribution in [0.2, 0.25) is 0 Å². The SMILES string of the molecule is CCCC1CCC(Nc2ncnc(N)c2C(C)C)CC1. The molecule has 1 heterocycles. The Hall–Kier alpha value is -1.32. The lowest BCUT2D eigenvalue weighted by Crippen LogP contribution is -2.27. The van der Waals surface area contributed by atoms with Gasteiger partial charge in [-0.2, -0.15) is 0 Å². The molecular weight excluding hydrogens is 248 g/mol. The number of nitrogens with one attached hydrogen (secondary N) is 1. The van der Waals surface area contributed by atoms with Gasteiger partial charge in [0.25, 0.3) is 0 Å². The van der Waals surface area contributed by atoms with Crippen molar-refractivity contribution in [3.05, 3.63) is 11.9 Å². The van der Waals surface area contributed by atoms with E-state index in [1.165, 1.54) is 38.5 Å². The lowest BCUT2D eigenvalue weighted by molar-refractivity contribution is 0.318. The number of hydrogen-bond donors (Lipinski definition) is 2. The summed E-state index contributed by atoms with van der Waals surface area (Å²) in [6.45, 7) is 6.56. The summed E-state index contributed by atoms with van der Waals surface area (Å²) in [5.74, 6) is 2.82. The molecule has 0 aromatic carbocycles. The topological polar surface area (TPSA) is 63.8 Å². The summed E-state index contributed by atoms with van der Waals surface area (Å²) in [6.07, 6.45) is 9.41. The van der Waals surface area contributed by atoms with Crippen LogP contribution in [0.3, 0.4) is 0 Å². The minimum Gasteiger partial charge on any atom is -0.383 e. The Labute approximate surface area is 122 Å². The van der Waals surface area contributed by atoms with Gasteiger partial charge in [-0.3, -0.25) is 0 Å². The zero-order chi connectivity index (χ0) is 14.5. The molecule has 1 fully saturated rings. The van der Waals surface area contributed by atoms with Crippen molar-refractivity contribution in [1.29, 1.82) is 0 Å². The lowest BCUT2D eigenvalue weighted by atomic mass is 9.83. The fourth-order valence-electron chi connectivity index (χ4n) is 3.29. The first kappa shape index (κ1) is 15.1. The number of rotatable bonds is 5. The highest BCUT2D eigenvalue weighted by molar-refractivity contribution is 5.57. The number of nitrogen functional groups attached to an aromatic ring is 1. The van der Waals surface area contributed by atoms with Gasteiger partial charge in [0.15, 0.2) is 0 Å². The maximum absolute atomic E-state index is 6.00. The van der Waals surface area contributed by atoms with Crippen LogP contribution in [0.25, 0.3) is 0 Å². The van der Waals surface area contributed by atoms with Crippen LogP contribution in [0, 0.1) is 5.92 Å². The summed E-state index contributed by atoms with van der Waals surface area (Å²) >= 11 is 0. The molecule has 0 aliphatic heterocycles. The van der Waals surface area contributed by atoms with Gasteiger partial charge in [-0.05, 0) is 37.5 Å². The van der Waals surface area contributed by atoms with Crippen molar-refractivity contribution in [3.8, 4) is 0 Å². The second-order valence-corrected chi connectivity index (χ2v) is 6.33. The van der Waals surface area contributed by atoms with Crippen molar-refractivity contribution in [2.75, 3.05) is 11.1 Å². The van der Waals surface area contributed by atoms with Crippen LogP contribution in [-0.4, -0.2) is 16.0 Å². The van der Waals surface area contributed by atoms with Crippen LogP contribution < -0.4 is 11.1 Å². The molecule has 0 amide bonds. The summed E-state index contributed by atoms with van der Waals surface area (Å²) in [5, 5.41) is 3.60. The van der Waals surface area contributed by atoms with Gasteiger partial charge in [-0.25, -0.2) is 9.97 Å². The molecule has 1 aliphatic rings. The maximum Gasteiger partial charge on any atom is 0.135 e. The molecule has 0 spiro atoms. The molecule has 0 radical (unpaired) electrons. The van der Waals surface area contributed by atoms with E-state index >= 15 is 0 Å². The predicted octanol–water partition coefficient (Wildman–Crippen LogP) is 3.95. The summed E-state index contributed by atoms with van der Waals surface area (Å²) in [7, 11) is 0. The predicted molar refractivity (Wildman–Crippen MR) is 84.8 cm³/mol. The molecule has 1 saturated carbocycles. The van der Waals surface area contributed by atoms with Gasteiger partial charge in [0.2, 0.25) is 0 Å². The van der Waals surface area contributed by atoms with Crippen LogP contribution in [0.5, 0.6) is 0 Å². The first-order chi connectivity index (χ1) is 9.61. The van der Waals surface area contributed by atoms with Gasteiger partial charge in [0.05, 0.1) is 0 Å². The third kappa shape index (κ3) is 3.62. The molecule has 0 bridgehead atoms. The lowest BCUT2D eigenvalue weighted by Gasteiger charge is -2.30. The minimum atomic E-state index is 0.343. The molecule has 4 nitrogen and oxygen atoms in total. The molecule has 112 valence electrons. The monoisotopic (exact) mass is 276 g/mol. The molecule has 2 rings (SSSR count). The quantitative estimate of drug-likeness (QED) is 0.854. The van der Waals surface area contributed by atoms with Gasteiger partial charge in [0.1, 0.15) is 18.0 Å². The molecule has 20 heavy (non-hydrogen) atoms. The Bertz CT molecular complexity index is 422. The summed E-state index contributed by atoms with van der Waals surface area (Å²) in [6, 6.07) is 0.537. The Morgan fingerprint density at radius 1 is 1.25 bits per heavy atom. The Morgan fingerprint density at radius 2 is 1.95 bits per heavy atom. The van der Waals surface area contributed by atoms with E-state index in [0.29, 0.717) is 17.8 Å². The number of hydrogen-bond acceptors (Lipinski definition) is 4. The minimum absolute atomic E-state index is 0.343. The molecule has 1 aromatic rings. The van der Waals surface area contributed by atoms with Crippen LogP contribution in [-0.2, 0) is 0 Å². The largest absolute Gasteiger partial charge is 0.383 e. The molecule has 0 unspecified atom stereocenters. The Balaban J connectivity index is 1.99.